The third-order valence-corrected chi connectivity index (χ3v) is 2.80. The third kappa shape index (κ3) is 8.61. The minimum atomic E-state index is 0.157. The van der Waals surface area contributed by atoms with Gasteiger partial charge in [0.15, 0.2) is 5.78 Å². The molecule has 0 bridgehead atoms. The van der Waals surface area contributed by atoms with Crippen molar-refractivity contribution in [3.63, 3.8) is 0 Å². The normalized spacial score (nSPS) is 12.7. The fraction of sp³-hybridized carbons (Fsp3) is 0.923. The highest BCUT2D eigenvalue weighted by Gasteiger charge is 2.09. The average molecular weight is 214 g/mol. The second-order valence-electron chi connectivity index (χ2n) is 4.24. The maximum Gasteiger partial charge on any atom is 0.161 e. The second kappa shape index (κ2) is 10.2. The van der Waals surface area contributed by atoms with Crippen molar-refractivity contribution < 1.29 is 9.53 Å². The van der Waals surface area contributed by atoms with E-state index in [1.165, 1.54) is 25.7 Å². The van der Waals surface area contributed by atoms with E-state index in [0.29, 0.717) is 6.61 Å². The van der Waals surface area contributed by atoms with Crippen LogP contribution in [0.5, 0.6) is 0 Å². The minimum Gasteiger partial charge on any atom is -0.374 e. The van der Waals surface area contributed by atoms with Crippen LogP contribution in [0.25, 0.3) is 0 Å². The van der Waals surface area contributed by atoms with Crippen LogP contribution >= 0.6 is 0 Å². The molecule has 0 amide bonds. The Morgan fingerprint density at radius 1 is 1.13 bits per heavy atom. The Bertz CT molecular complexity index is 155. The zero-order valence-electron chi connectivity index (χ0n) is 10.6. The predicted molar refractivity (Wildman–Crippen MR) is 64.0 cm³/mol. The van der Waals surface area contributed by atoms with Gasteiger partial charge in [-0.3, -0.25) is 4.79 Å². The Kier molecular flexibility index (Phi) is 9.91. The molecular weight excluding hydrogens is 188 g/mol. The maximum absolute atomic E-state index is 11.4. The van der Waals surface area contributed by atoms with E-state index in [0.717, 1.165) is 19.4 Å². The molecular formula is C13H26O2. The van der Waals surface area contributed by atoms with Crippen molar-refractivity contribution in [2.24, 2.45) is 5.92 Å². The van der Waals surface area contributed by atoms with Crippen molar-refractivity contribution in [2.75, 3.05) is 13.2 Å². The number of hydrogen-bond acceptors (Lipinski definition) is 2. The van der Waals surface area contributed by atoms with Crippen LogP contribution < -0.4 is 0 Å². The number of hydrogen-bond donors (Lipinski definition) is 0. The Labute approximate surface area is 94.4 Å². The van der Waals surface area contributed by atoms with Crippen LogP contribution in [0.3, 0.4) is 0 Å². The molecule has 2 heteroatoms. The van der Waals surface area contributed by atoms with Gasteiger partial charge in [0, 0.05) is 12.5 Å². The largest absolute Gasteiger partial charge is 0.374 e. The molecule has 0 spiro atoms. The van der Waals surface area contributed by atoms with Crippen molar-refractivity contribution in [2.45, 2.75) is 59.3 Å². The number of unbranched alkanes of at least 4 members (excludes halogenated alkanes) is 4. The number of carbonyl (C=O) groups excluding carboxylic acids is 1. The molecule has 0 aromatic heterocycles. The molecule has 15 heavy (non-hydrogen) atoms. The van der Waals surface area contributed by atoms with Crippen LogP contribution in [0.15, 0.2) is 0 Å². The van der Waals surface area contributed by atoms with E-state index in [4.69, 9.17) is 4.74 Å². The fourth-order valence-corrected chi connectivity index (χ4v) is 1.35. The molecule has 0 heterocycles. The van der Waals surface area contributed by atoms with E-state index in [9.17, 15) is 4.79 Å². The number of ketones is 1. The lowest BCUT2D eigenvalue weighted by molar-refractivity contribution is -0.127. The average Bonchev–Trinajstić information content (AvgIpc) is 2.26. The quantitative estimate of drug-likeness (QED) is 0.519. The van der Waals surface area contributed by atoms with Crippen LogP contribution in [-0.4, -0.2) is 19.0 Å². The van der Waals surface area contributed by atoms with E-state index >= 15 is 0 Å². The second-order valence-corrected chi connectivity index (χ2v) is 4.24. The van der Waals surface area contributed by atoms with Crippen molar-refractivity contribution in [1.82, 2.24) is 0 Å². The Morgan fingerprint density at radius 2 is 1.80 bits per heavy atom. The fourth-order valence-electron chi connectivity index (χ4n) is 1.35. The van der Waals surface area contributed by atoms with Gasteiger partial charge in [-0.15, -0.1) is 0 Å². The smallest absolute Gasteiger partial charge is 0.161 e. The molecule has 0 N–H and O–H groups in total. The lowest BCUT2D eigenvalue weighted by Gasteiger charge is -2.07. The monoisotopic (exact) mass is 214 g/mol. The van der Waals surface area contributed by atoms with Gasteiger partial charge in [0.25, 0.3) is 0 Å². The van der Waals surface area contributed by atoms with E-state index in [1.807, 2.05) is 13.8 Å². The van der Waals surface area contributed by atoms with Gasteiger partial charge in [0.05, 0.1) is 0 Å². The van der Waals surface area contributed by atoms with Crippen molar-refractivity contribution in [3.05, 3.63) is 0 Å². The molecule has 0 aliphatic rings. The third-order valence-electron chi connectivity index (χ3n) is 2.80. The van der Waals surface area contributed by atoms with Gasteiger partial charge in [-0.2, -0.15) is 0 Å². The van der Waals surface area contributed by atoms with Gasteiger partial charge < -0.3 is 4.74 Å². The molecule has 0 rings (SSSR count). The van der Waals surface area contributed by atoms with E-state index < -0.39 is 0 Å². The Morgan fingerprint density at radius 3 is 2.40 bits per heavy atom. The summed E-state index contributed by atoms with van der Waals surface area (Å²) in [5.74, 6) is 0.399. The highest BCUT2D eigenvalue weighted by Crippen LogP contribution is 2.04. The number of rotatable bonds is 10. The van der Waals surface area contributed by atoms with Crippen LogP contribution in [0.2, 0.25) is 0 Å². The highest BCUT2D eigenvalue weighted by atomic mass is 16.5. The summed E-state index contributed by atoms with van der Waals surface area (Å²) in [6.07, 6.45) is 7.11. The van der Waals surface area contributed by atoms with Crippen molar-refractivity contribution in [1.29, 1.82) is 0 Å². The van der Waals surface area contributed by atoms with Gasteiger partial charge >= 0.3 is 0 Å². The molecule has 0 saturated heterocycles. The maximum atomic E-state index is 11.4. The lowest BCUT2D eigenvalue weighted by atomic mass is 10.1. The molecule has 0 aromatic carbocycles. The molecule has 2 nitrogen and oxygen atoms in total. The van der Waals surface area contributed by atoms with E-state index in [-0.39, 0.29) is 11.7 Å². The van der Waals surface area contributed by atoms with Crippen LogP contribution in [-0.2, 0) is 9.53 Å². The standard InChI is InChI=1S/C13H26O2/c1-4-6-7-8-9-10-15-11-13(14)12(3)5-2/h12H,4-11H2,1-3H3. The van der Waals surface area contributed by atoms with Crippen LogP contribution in [0.1, 0.15) is 59.3 Å². The molecule has 1 unspecified atom stereocenters. The summed E-state index contributed by atoms with van der Waals surface area (Å²) in [7, 11) is 0. The lowest BCUT2D eigenvalue weighted by Crippen LogP contribution is -2.17. The van der Waals surface area contributed by atoms with Crippen molar-refractivity contribution >= 4 is 5.78 Å². The molecule has 0 radical (unpaired) electrons. The number of ether oxygens (including phenoxy) is 1. The SMILES string of the molecule is CCCCCCCOCC(=O)C(C)CC. The van der Waals surface area contributed by atoms with E-state index in [1.54, 1.807) is 0 Å². The number of carbonyl (C=O) groups is 1. The Hall–Kier alpha value is -0.370. The predicted octanol–water partition coefficient (Wildman–Crippen LogP) is 3.59. The molecule has 0 fully saturated rings. The van der Waals surface area contributed by atoms with Crippen LogP contribution in [0, 0.1) is 5.92 Å². The zero-order valence-corrected chi connectivity index (χ0v) is 10.6. The number of Topliss-reactive ketones (excluding diaryl/α,β-unsaturated/α-hetero) is 1. The first-order chi connectivity index (χ1) is 7.22. The van der Waals surface area contributed by atoms with Gasteiger partial charge in [-0.25, -0.2) is 0 Å². The summed E-state index contributed by atoms with van der Waals surface area (Å²) >= 11 is 0. The first-order valence-corrected chi connectivity index (χ1v) is 6.32. The van der Waals surface area contributed by atoms with Crippen LogP contribution in [0.4, 0.5) is 0 Å². The molecule has 1 atom stereocenters. The minimum absolute atomic E-state index is 0.157. The van der Waals surface area contributed by atoms with Gasteiger partial charge in [-0.05, 0) is 12.8 Å². The summed E-state index contributed by atoms with van der Waals surface area (Å²) < 4.78 is 5.35. The van der Waals surface area contributed by atoms with Gasteiger partial charge in [0.2, 0.25) is 0 Å². The highest BCUT2D eigenvalue weighted by molar-refractivity contribution is 5.81. The molecule has 0 aliphatic heterocycles. The summed E-state index contributed by atoms with van der Waals surface area (Å²) in [5, 5.41) is 0. The first kappa shape index (κ1) is 14.6. The Balaban J connectivity index is 3.20. The summed E-state index contributed by atoms with van der Waals surface area (Å²) in [6, 6.07) is 0. The molecule has 0 aliphatic carbocycles. The van der Waals surface area contributed by atoms with Gasteiger partial charge in [-0.1, -0.05) is 46.5 Å². The molecule has 90 valence electrons. The van der Waals surface area contributed by atoms with E-state index in [2.05, 4.69) is 6.92 Å². The molecule has 0 aromatic rings. The summed E-state index contributed by atoms with van der Waals surface area (Å²) in [5.41, 5.74) is 0. The van der Waals surface area contributed by atoms with Gasteiger partial charge in [0.1, 0.15) is 6.61 Å². The topological polar surface area (TPSA) is 26.3 Å². The zero-order chi connectivity index (χ0) is 11.5. The summed E-state index contributed by atoms with van der Waals surface area (Å²) in [6.45, 7) is 7.26. The summed E-state index contributed by atoms with van der Waals surface area (Å²) in [4.78, 5) is 11.4. The molecule has 0 saturated carbocycles. The first-order valence-electron chi connectivity index (χ1n) is 6.32. The van der Waals surface area contributed by atoms with Crippen molar-refractivity contribution in [3.8, 4) is 0 Å².